The van der Waals surface area contributed by atoms with Gasteiger partial charge in [-0.25, -0.2) is 9.59 Å². The number of esters is 1. The van der Waals surface area contributed by atoms with E-state index in [4.69, 9.17) is 9.15 Å². The van der Waals surface area contributed by atoms with Crippen molar-refractivity contribution < 1.29 is 28.3 Å². The molecule has 0 unspecified atom stereocenters. The van der Waals surface area contributed by atoms with Crippen LogP contribution in [0.1, 0.15) is 44.4 Å². The summed E-state index contributed by atoms with van der Waals surface area (Å²) >= 11 is 0. The third-order valence-electron chi connectivity index (χ3n) is 4.88. The van der Waals surface area contributed by atoms with Gasteiger partial charge in [-0.1, -0.05) is 19.1 Å². The van der Waals surface area contributed by atoms with Gasteiger partial charge in [0, 0.05) is 18.0 Å². The van der Waals surface area contributed by atoms with Crippen LogP contribution in [0.4, 0.5) is 0 Å². The lowest BCUT2D eigenvalue weighted by Crippen LogP contribution is -2.36. The maximum Gasteiger partial charge on any atom is 0.349 e. The lowest BCUT2D eigenvalue weighted by atomic mass is 10.1. The average Bonchev–Trinajstić information content (AvgIpc) is 3.02. The van der Waals surface area contributed by atoms with Gasteiger partial charge in [-0.05, 0) is 36.8 Å². The fraction of sp³-hybridized carbons (Fsp3) is 0.174. The molecule has 4 rings (SSSR count). The Kier molecular flexibility index (Phi) is 5.55. The highest BCUT2D eigenvalue weighted by molar-refractivity contribution is 6.22. The van der Waals surface area contributed by atoms with E-state index in [1.165, 1.54) is 36.4 Å². The number of benzene rings is 2. The molecule has 0 radical (unpaired) electrons. The number of fused-ring (bicyclic) bond motifs is 2. The van der Waals surface area contributed by atoms with Crippen LogP contribution in [0, 0.1) is 0 Å². The molecule has 1 N–H and O–H groups in total. The first-order valence-corrected chi connectivity index (χ1v) is 9.91. The van der Waals surface area contributed by atoms with E-state index in [2.05, 4.69) is 5.32 Å². The monoisotopic (exact) mass is 434 g/mol. The van der Waals surface area contributed by atoms with E-state index in [-0.39, 0.29) is 28.0 Å². The van der Waals surface area contributed by atoms with E-state index < -0.39 is 35.9 Å². The van der Waals surface area contributed by atoms with Gasteiger partial charge >= 0.3 is 11.6 Å². The zero-order chi connectivity index (χ0) is 22.8. The fourth-order valence-electron chi connectivity index (χ4n) is 3.32. The van der Waals surface area contributed by atoms with Crippen LogP contribution in [-0.4, -0.2) is 41.7 Å². The second-order valence-electron chi connectivity index (χ2n) is 7.12. The van der Waals surface area contributed by atoms with Gasteiger partial charge in [0.25, 0.3) is 17.7 Å². The summed E-state index contributed by atoms with van der Waals surface area (Å²) in [7, 11) is 0. The zero-order valence-electron chi connectivity index (χ0n) is 17.0. The Morgan fingerprint density at radius 3 is 2.34 bits per heavy atom. The number of imide groups is 1. The first kappa shape index (κ1) is 21.0. The molecule has 162 valence electrons. The number of hydrogen-bond acceptors (Lipinski definition) is 7. The summed E-state index contributed by atoms with van der Waals surface area (Å²) in [6.07, 6.45) is 0.722. The van der Waals surface area contributed by atoms with Crippen LogP contribution in [0.5, 0.6) is 5.75 Å². The van der Waals surface area contributed by atoms with Crippen molar-refractivity contribution in [3.05, 3.63) is 75.6 Å². The first-order chi connectivity index (χ1) is 15.4. The van der Waals surface area contributed by atoms with Crippen LogP contribution < -0.4 is 15.7 Å². The predicted molar refractivity (Wildman–Crippen MR) is 113 cm³/mol. The van der Waals surface area contributed by atoms with E-state index in [9.17, 15) is 24.0 Å². The van der Waals surface area contributed by atoms with E-state index in [1.807, 2.05) is 6.92 Å². The molecule has 0 saturated heterocycles. The minimum Gasteiger partial charge on any atom is -0.425 e. The smallest absolute Gasteiger partial charge is 0.349 e. The van der Waals surface area contributed by atoms with Crippen molar-refractivity contribution in [1.82, 2.24) is 10.2 Å². The molecule has 32 heavy (non-hydrogen) atoms. The minimum atomic E-state index is -0.836. The van der Waals surface area contributed by atoms with Crippen LogP contribution in [0.15, 0.2) is 57.7 Å². The molecule has 2 aromatic carbocycles. The normalized spacial score (nSPS) is 12.7. The molecule has 0 saturated carbocycles. The van der Waals surface area contributed by atoms with Crippen molar-refractivity contribution in [1.29, 1.82) is 0 Å². The third-order valence-corrected chi connectivity index (χ3v) is 4.88. The van der Waals surface area contributed by atoms with Gasteiger partial charge in [0.15, 0.2) is 0 Å². The number of carbonyl (C=O) groups excluding carboxylic acids is 4. The number of nitrogens with one attached hydrogen (secondary N) is 1. The Balaban J connectivity index is 1.49. The number of nitrogens with zero attached hydrogens (tertiary/aromatic N) is 1. The average molecular weight is 434 g/mol. The molecule has 9 nitrogen and oxygen atoms in total. The molecule has 2 heterocycles. The zero-order valence-corrected chi connectivity index (χ0v) is 17.0. The Morgan fingerprint density at radius 2 is 1.69 bits per heavy atom. The molecule has 1 aliphatic heterocycles. The quantitative estimate of drug-likeness (QED) is 0.273. The highest BCUT2D eigenvalue weighted by Crippen LogP contribution is 2.24. The number of amides is 3. The molecule has 0 aliphatic carbocycles. The van der Waals surface area contributed by atoms with Gasteiger partial charge in [-0.2, -0.15) is 0 Å². The second kappa shape index (κ2) is 8.46. The van der Waals surface area contributed by atoms with Crippen LogP contribution in [0.25, 0.3) is 11.0 Å². The Labute approximate surface area is 181 Å². The van der Waals surface area contributed by atoms with Crippen molar-refractivity contribution in [3.8, 4) is 5.75 Å². The van der Waals surface area contributed by atoms with Gasteiger partial charge in [-0.3, -0.25) is 19.3 Å². The molecule has 3 aromatic rings. The van der Waals surface area contributed by atoms with Crippen LogP contribution in [-0.2, 0) is 4.79 Å². The van der Waals surface area contributed by atoms with Crippen LogP contribution >= 0.6 is 0 Å². The molecule has 1 aliphatic rings. The summed E-state index contributed by atoms with van der Waals surface area (Å²) in [4.78, 5) is 62.2. The first-order valence-electron chi connectivity index (χ1n) is 9.91. The highest BCUT2D eigenvalue weighted by Gasteiger charge is 2.36. The number of carbonyl (C=O) groups is 4. The summed E-state index contributed by atoms with van der Waals surface area (Å²) < 4.78 is 10.4. The van der Waals surface area contributed by atoms with Crippen molar-refractivity contribution in [2.45, 2.75) is 13.3 Å². The summed E-state index contributed by atoms with van der Waals surface area (Å²) in [5, 5.41) is 3.08. The van der Waals surface area contributed by atoms with E-state index in [0.29, 0.717) is 11.9 Å². The van der Waals surface area contributed by atoms with Gasteiger partial charge in [0.05, 0.1) is 11.1 Å². The van der Waals surface area contributed by atoms with Crippen molar-refractivity contribution in [2.75, 3.05) is 13.1 Å². The molecular formula is C23H18N2O7. The fourth-order valence-corrected chi connectivity index (χ4v) is 3.32. The predicted octanol–water partition coefficient (Wildman–Crippen LogP) is 2.13. The van der Waals surface area contributed by atoms with E-state index >= 15 is 0 Å². The molecule has 3 amide bonds. The third kappa shape index (κ3) is 3.87. The second-order valence-corrected chi connectivity index (χ2v) is 7.12. The molecule has 0 atom stereocenters. The maximum absolute atomic E-state index is 12.4. The van der Waals surface area contributed by atoms with E-state index in [0.717, 1.165) is 11.3 Å². The maximum atomic E-state index is 12.4. The number of rotatable bonds is 6. The Bertz CT molecular complexity index is 1290. The van der Waals surface area contributed by atoms with Crippen molar-refractivity contribution >= 4 is 34.7 Å². The Hall–Kier alpha value is -4.27. The van der Waals surface area contributed by atoms with Gasteiger partial charge in [-0.15, -0.1) is 0 Å². The van der Waals surface area contributed by atoms with Gasteiger partial charge in [0.2, 0.25) is 0 Å². The molecule has 0 spiro atoms. The lowest BCUT2D eigenvalue weighted by molar-refractivity contribution is -0.134. The molecule has 9 heteroatoms. The number of ether oxygens (including phenoxy) is 1. The van der Waals surface area contributed by atoms with E-state index in [1.54, 1.807) is 12.1 Å². The van der Waals surface area contributed by atoms with Crippen molar-refractivity contribution in [3.63, 3.8) is 0 Å². The van der Waals surface area contributed by atoms with Crippen LogP contribution in [0.2, 0.25) is 0 Å². The molecule has 0 bridgehead atoms. The number of hydrogen-bond donors (Lipinski definition) is 1. The summed E-state index contributed by atoms with van der Waals surface area (Å²) in [5.74, 6) is -2.44. The van der Waals surface area contributed by atoms with Gasteiger partial charge < -0.3 is 14.5 Å². The largest absolute Gasteiger partial charge is 0.425 e. The SMILES string of the molecule is CCCNC(=O)c1cc2ccc(OC(=O)CN3C(=O)c4ccccc4C3=O)cc2oc1=O. The summed E-state index contributed by atoms with van der Waals surface area (Å²) in [5.41, 5.74) is -0.358. The van der Waals surface area contributed by atoms with Crippen LogP contribution in [0.3, 0.4) is 0 Å². The van der Waals surface area contributed by atoms with Crippen molar-refractivity contribution in [2.24, 2.45) is 0 Å². The summed E-state index contributed by atoms with van der Waals surface area (Å²) in [6, 6.07) is 12.0. The molecule has 1 aromatic heterocycles. The Morgan fingerprint density at radius 1 is 1.00 bits per heavy atom. The standard InChI is InChI=1S/C23H18N2O7/c1-2-9-24-20(27)17-10-13-7-8-14(11-18(13)32-23(17)30)31-19(26)12-25-21(28)15-5-3-4-6-16(15)22(25)29/h3-8,10-11H,2,9,12H2,1H3,(H,24,27). The minimum absolute atomic E-state index is 0.0606. The lowest BCUT2D eigenvalue weighted by Gasteiger charge is -2.13. The molecular weight excluding hydrogens is 416 g/mol. The summed E-state index contributed by atoms with van der Waals surface area (Å²) in [6.45, 7) is 1.75. The topological polar surface area (TPSA) is 123 Å². The highest BCUT2D eigenvalue weighted by atomic mass is 16.5. The van der Waals surface area contributed by atoms with Gasteiger partial charge in [0.1, 0.15) is 23.4 Å². The molecule has 0 fully saturated rings.